The molecule has 0 bridgehead atoms. The highest BCUT2D eigenvalue weighted by Crippen LogP contribution is 2.39. The predicted molar refractivity (Wildman–Crippen MR) is 137 cm³/mol. The Hall–Kier alpha value is -2.54. The van der Waals surface area contributed by atoms with Crippen molar-refractivity contribution in [3.8, 4) is 11.3 Å². The molecule has 7 heteroatoms. The third-order valence-corrected chi connectivity index (χ3v) is 6.46. The van der Waals surface area contributed by atoms with Crippen LogP contribution in [0.5, 0.6) is 0 Å². The number of nitrogens with zero attached hydrogens (tertiary/aromatic N) is 3. The number of hydrazone groups is 1. The Labute approximate surface area is 206 Å². The van der Waals surface area contributed by atoms with Crippen LogP contribution in [-0.4, -0.2) is 10.7 Å². The van der Waals surface area contributed by atoms with Gasteiger partial charge in [-0.2, -0.15) is 5.10 Å². The van der Waals surface area contributed by atoms with Crippen molar-refractivity contribution < 1.29 is 4.39 Å². The fraction of sp³-hybridized carbons (Fsp3) is 0.120. The largest absolute Gasteiger partial charge is 0.231 e. The van der Waals surface area contributed by atoms with Crippen LogP contribution in [0.2, 0.25) is 5.02 Å². The molecule has 0 amide bonds. The lowest BCUT2D eigenvalue weighted by atomic mass is 9.98. The predicted octanol–water partition coefficient (Wildman–Crippen LogP) is 7.84. The molecule has 32 heavy (non-hydrogen) atoms. The number of rotatable bonds is 4. The van der Waals surface area contributed by atoms with Crippen LogP contribution in [0.1, 0.15) is 29.2 Å². The van der Waals surface area contributed by atoms with Gasteiger partial charge in [-0.1, -0.05) is 53.6 Å². The standard InChI is InChI=1S/C25H19ClFN3S.BrH/c1-16-2-4-17(5-3-16)22-14-24(19-6-10-20(26)11-7-19)30(29-22)25-28-23(15-31-25)18-8-12-21(27)13-9-18;/h2-13,15,24H,14H2,1H3;1H. The number of hydrogen-bond acceptors (Lipinski definition) is 4. The van der Waals surface area contributed by atoms with Crippen LogP contribution in [0.25, 0.3) is 11.3 Å². The van der Waals surface area contributed by atoms with Gasteiger partial charge in [0.25, 0.3) is 0 Å². The van der Waals surface area contributed by atoms with Crippen LogP contribution < -0.4 is 5.01 Å². The molecule has 4 aromatic rings. The van der Waals surface area contributed by atoms with E-state index in [9.17, 15) is 4.39 Å². The fourth-order valence-corrected chi connectivity index (χ4v) is 4.63. The van der Waals surface area contributed by atoms with Gasteiger partial charge in [-0.25, -0.2) is 14.4 Å². The molecule has 1 aliphatic heterocycles. The molecule has 3 nitrogen and oxygen atoms in total. The second kappa shape index (κ2) is 9.53. The van der Waals surface area contributed by atoms with E-state index in [1.54, 1.807) is 12.1 Å². The van der Waals surface area contributed by atoms with Gasteiger partial charge in [-0.15, -0.1) is 28.3 Å². The van der Waals surface area contributed by atoms with E-state index >= 15 is 0 Å². The maximum Gasteiger partial charge on any atom is 0.207 e. The summed E-state index contributed by atoms with van der Waals surface area (Å²) in [5.41, 5.74) is 6.19. The first-order chi connectivity index (χ1) is 15.1. The van der Waals surface area contributed by atoms with Crippen LogP contribution in [-0.2, 0) is 0 Å². The van der Waals surface area contributed by atoms with Gasteiger partial charge in [0.15, 0.2) is 0 Å². The molecule has 1 aliphatic rings. The van der Waals surface area contributed by atoms with Crippen molar-refractivity contribution in [2.24, 2.45) is 5.10 Å². The van der Waals surface area contributed by atoms with Crippen molar-refractivity contribution in [2.75, 3.05) is 5.01 Å². The molecule has 0 fully saturated rings. The zero-order valence-electron chi connectivity index (χ0n) is 17.2. The molecule has 0 N–H and O–H groups in total. The van der Waals surface area contributed by atoms with Gasteiger partial charge >= 0.3 is 0 Å². The Kier molecular flexibility index (Phi) is 6.74. The van der Waals surface area contributed by atoms with Crippen molar-refractivity contribution in [3.05, 3.63) is 106 Å². The first-order valence-electron chi connectivity index (χ1n) is 9.97. The molecule has 1 unspecified atom stereocenters. The van der Waals surface area contributed by atoms with Crippen LogP contribution >= 0.6 is 39.9 Å². The van der Waals surface area contributed by atoms with E-state index in [-0.39, 0.29) is 28.8 Å². The third-order valence-electron chi connectivity index (χ3n) is 5.38. The summed E-state index contributed by atoms with van der Waals surface area (Å²) >= 11 is 7.65. The Morgan fingerprint density at radius 2 is 1.59 bits per heavy atom. The molecule has 0 radical (unpaired) electrons. The van der Waals surface area contributed by atoms with E-state index in [0.717, 1.165) is 39.6 Å². The second-order valence-corrected chi connectivity index (χ2v) is 8.82. The summed E-state index contributed by atoms with van der Waals surface area (Å²) in [6.07, 6.45) is 0.774. The van der Waals surface area contributed by atoms with E-state index in [0.29, 0.717) is 5.02 Å². The molecule has 1 atom stereocenters. The summed E-state index contributed by atoms with van der Waals surface area (Å²) in [4.78, 5) is 4.82. The molecule has 0 saturated heterocycles. The molecule has 0 spiro atoms. The topological polar surface area (TPSA) is 28.5 Å². The van der Waals surface area contributed by atoms with Gasteiger partial charge in [0.1, 0.15) is 5.82 Å². The summed E-state index contributed by atoms with van der Waals surface area (Å²) in [5, 5.41) is 10.5. The molecule has 1 aromatic heterocycles. The lowest BCUT2D eigenvalue weighted by Crippen LogP contribution is -2.18. The second-order valence-electron chi connectivity index (χ2n) is 7.55. The summed E-state index contributed by atoms with van der Waals surface area (Å²) in [6.45, 7) is 2.08. The zero-order chi connectivity index (χ0) is 21.4. The summed E-state index contributed by atoms with van der Waals surface area (Å²) < 4.78 is 13.3. The molecule has 3 aromatic carbocycles. The number of thiazole rings is 1. The van der Waals surface area contributed by atoms with E-state index < -0.39 is 0 Å². The van der Waals surface area contributed by atoms with E-state index in [2.05, 4.69) is 31.2 Å². The van der Waals surface area contributed by atoms with Gasteiger partial charge in [0.05, 0.1) is 17.4 Å². The van der Waals surface area contributed by atoms with Crippen molar-refractivity contribution in [2.45, 2.75) is 19.4 Å². The third kappa shape index (κ3) is 4.63. The molecular weight excluding hydrogens is 509 g/mol. The summed E-state index contributed by atoms with van der Waals surface area (Å²) in [5.74, 6) is -0.256. The highest BCUT2D eigenvalue weighted by Gasteiger charge is 2.31. The minimum Gasteiger partial charge on any atom is -0.231 e. The lowest BCUT2D eigenvalue weighted by Gasteiger charge is -2.21. The number of aryl methyl sites for hydroxylation is 1. The van der Waals surface area contributed by atoms with Gasteiger partial charge in [-0.3, -0.25) is 0 Å². The number of aromatic nitrogens is 1. The Morgan fingerprint density at radius 3 is 2.28 bits per heavy atom. The Morgan fingerprint density at radius 1 is 0.938 bits per heavy atom. The van der Waals surface area contributed by atoms with Crippen LogP contribution in [0.4, 0.5) is 9.52 Å². The Balaban J connectivity index is 0.00000245. The molecule has 2 heterocycles. The van der Waals surface area contributed by atoms with Crippen molar-refractivity contribution in [1.29, 1.82) is 0 Å². The van der Waals surface area contributed by atoms with Crippen molar-refractivity contribution in [1.82, 2.24) is 4.98 Å². The lowest BCUT2D eigenvalue weighted by molar-refractivity contribution is 0.628. The SMILES string of the molecule is Br.Cc1ccc(C2=NN(c3nc(-c4ccc(F)cc4)cs3)C(c3ccc(Cl)cc3)C2)cc1. The molecule has 162 valence electrons. The quantitative estimate of drug-likeness (QED) is 0.270. The van der Waals surface area contributed by atoms with E-state index in [1.165, 1.54) is 29.0 Å². The maximum absolute atomic E-state index is 13.3. The fourth-order valence-electron chi connectivity index (χ4n) is 3.67. The maximum atomic E-state index is 13.3. The van der Waals surface area contributed by atoms with Crippen LogP contribution in [0, 0.1) is 12.7 Å². The average Bonchev–Trinajstić information content (AvgIpc) is 3.43. The minimum atomic E-state index is -0.256. The van der Waals surface area contributed by atoms with Gasteiger partial charge in [0.2, 0.25) is 5.13 Å². The van der Waals surface area contributed by atoms with Crippen LogP contribution in [0.15, 0.2) is 83.3 Å². The number of halogens is 3. The van der Waals surface area contributed by atoms with Gasteiger partial charge in [-0.05, 0) is 54.4 Å². The van der Waals surface area contributed by atoms with Gasteiger partial charge < -0.3 is 0 Å². The molecule has 5 rings (SSSR count). The van der Waals surface area contributed by atoms with Gasteiger partial charge in [0, 0.05) is 22.4 Å². The highest BCUT2D eigenvalue weighted by atomic mass is 79.9. The molecule has 0 saturated carbocycles. The summed E-state index contributed by atoms with van der Waals surface area (Å²) in [6, 6.07) is 22.8. The zero-order valence-corrected chi connectivity index (χ0v) is 20.5. The first-order valence-corrected chi connectivity index (χ1v) is 11.2. The molecule has 0 aliphatic carbocycles. The normalized spacial score (nSPS) is 15.4. The highest BCUT2D eigenvalue weighted by molar-refractivity contribution is 8.93. The summed E-state index contributed by atoms with van der Waals surface area (Å²) in [7, 11) is 0. The Bertz CT molecular complexity index is 1240. The number of hydrogen-bond donors (Lipinski definition) is 0. The number of anilines is 1. The number of benzene rings is 3. The van der Waals surface area contributed by atoms with Crippen LogP contribution in [0.3, 0.4) is 0 Å². The van der Waals surface area contributed by atoms with Crippen molar-refractivity contribution in [3.63, 3.8) is 0 Å². The van der Waals surface area contributed by atoms with Crippen molar-refractivity contribution >= 4 is 50.8 Å². The first kappa shape index (κ1) is 22.6. The minimum absolute atomic E-state index is 0. The van der Waals surface area contributed by atoms with E-state index in [1.807, 2.05) is 34.7 Å². The average molecular weight is 529 g/mol. The smallest absolute Gasteiger partial charge is 0.207 e. The monoisotopic (exact) mass is 527 g/mol. The van der Waals surface area contributed by atoms with E-state index in [4.69, 9.17) is 21.7 Å². The molecular formula is C25H20BrClFN3S.